The van der Waals surface area contributed by atoms with Crippen molar-refractivity contribution in [2.24, 2.45) is 10.9 Å². The summed E-state index contributed by atoms with van der Waals surface area (Å²) in [6, 6.07) is 0.000119. The minimum absolute atomic E-state index is 0.000119. The van der Waals surface area contributed by atoms with Gasteiger partial charge in [0, 0.05) is 36.2 Å². The lowest BCUT2D eigenvalue weighted by atomic mass is 9.97. The number of likely N-dealkylation sites (N-methyl/N-ethyl adjacent to an activating group) is 1. The highest BCUT2D eigenvalue weighted by Gasteiger charge is 2.22. The van der Waals surface area contributed by atoms with Crippen molar-refractivity contribution in [3.63, 3.8) is 0 Å². The van der Waals surface area contributed by atoms with Crippen LogP contribution in [0.3, 0.4) is 0 Å². The predicted molar refractivity (Wildman–Crippen MR) is 136 cm³/mol. The molecule has 7 heteroatoms. The molecule has 1 aliphatic rings. The maximum atomic E-state index is 5.04. The van der Waals surface area contributed by atoms with Crippen LogP contribution in [0.4, 0.5) is 0 Å². The van der Waals surface area contributed by atoms with Gasteiger partial charge in [-0.3, -0.25) is 4.99 Å². The quantitative estimate of drug-likeness (QED) is 0.441. The zero-order chi connectivity index (χ0) is 22.2. The van der Waals surface area contributed by atoms with Gasteiger partial charge >= 0.3 is 0 Å². The largest absolute Gasteiger partial charge is 0.326 e. The first-order chi connectivity index (χ1) is 15.1. The lowest BCUT2D eigenvalue weighted by Crippen LogP contribution is -2.21. The van der Waals surface area contributed by atoms with E-state index in [1.165, 1.54) is 41.2 Å². The van der Waals surface area contributed by atoms with E-state index in [0.717, 1.165) is 41.8 Å². The van der Waals surface area contributed by atoms with Gasteiger partial charge in [-0.2, -0.15) is 11.8 Å². The summed E-state index contributed by atoms with van der Waals surface area (Å²) in [6.07, 6.45) is 10.2. The summed E-state index contributed by atoms with van der Waals surface area (Å²) in [5.41, 5.74) is 4.73. The molecule has 5 nitrogen and oxygen atoms in total. The number of nitrogens with one attached hydrogen (secondary N) is 1. The van der Waals surface area contributed by atoms with Crippen molar-refractivity contribution in [3.8, 4) is 10.8 Å². The van der Waals surface area contributed by atoms with E-state index in [-0.39, 0.29) is 6.04 Å². The molecule has 1 atom stereocenters. The molecule has 0 saturated carbocycles. The number of imidazole rings is 1. The summed E-state index contributed by atoms with van der Waals surface area (Å²) >= 11 is 3.75. The van der Waals surface area contributed by atoms with Crippen molar-refractivity contribution in [1.29, 1.82) is 0 Å². The van der Waals surface area contributed by atoms with Gasteiger partial charge in [-0.1, -0.05) is 25.5 Å². The number of aromatic nitrogens is 3. The van der Waals surface area contributed by atoms with Crippen molar-refractivity contribution in [2.45, 2.75) is 59.0 Å². The van der Waals surface area contributed by atoms with Crippen LogP contribution in [0.25, 0.3) is 10.8 Å². The van der Waals surface area contributed by atoms with Crippen LogP contribution in [0.2, 0.25) is 0 Å². The van der Waals surface area contributed by atoms with E-state index in [1.807, 2.05) is 19.5 Å². The molecule has 1 aliphatic heterocycles. The smallest absolute Gasteiger partial charge is 0.169 e. The van der Waals surface area contributed by atoms with Crippen molar-refractivity contribution >= 4 is 29.3 Å². The van der Waals surface area contributed by atoms with Crippen LogP contribution in [0.5, 0.6) is 0 Å². The molecule has 1 fully saturated rings. The van der Waals surface area contributed by atoms with Crippen LogP contribution in [-0.2, 0) is 6.54 Å². The molecule has 0 aromatic carbocycles. The molecule has 1 saturated heterocycles. The number of hydrogen-bond acceptors (Lipinski definition) is 6. The molecule has 2 aromatic rings. The maximum absolute atomic E-state index is 5.04. The molecule has 3 rings (SSSR count). The Balaban J connectivity index is 1.90. The Morgan fingerprint density at radius 3 is 2.87 bits per heavy atom. The average molecular weight is 458 g/mol. The SMILES string of the molecule is C=CN=C/C(=C(\C)CCC)C(NC)c1csc(-c2ncc(C)n2CC2CCSCC2)n1. The summed E-state index contributed by atoms with van der Waals surface area (Å²) in [5.74, 6) is 4.28. The normalized spacial score (nSPS) is 17.2. The summed E-state index contributed by atoms with van der Waals surface area (Å²) in [4.78, 5) is 14.1. The summed E-state index contributed by atoms with van der Waals surface area (Å²) in [5, 5.41) is 6.59. The fraction of sp³-hybridized carbons (Fsp3) is 0.542. The standard InChI is InChI=1S/C24H35N5S2/c1-6-8-17(3)20(14-26-7-2)22(25-5)21-16-31-24(28-21)23-27-13-18(4)29(23)15-19-9-11-30-12-10-19/h7,13-14,16,19,22,25H,2,6,8-12,15H2,1,3-5H3/b20-17-,26-14?. The predicted octanol–water partition coefficient (Wildman–Crippen LogP) is 6.05. The first-order valence-corrected chi connectivity index (χ1v) is 13.2. The minimum atomic E-state index is 0.000119. The second-order valence-corrected chi connectivity index (χ2v) is 10.2. The van der Waals surface area contributed by atoms with Crippen LogP contribution in [0, 0.1) is 12.8 Å². The highest BCUT2D eigenvalue weighted by Crippen LogP contribution is 2.32. The topological polar surface area (TPSA) is 55.1 Å². The Bertz CT molecular complexity index is 918. The minimum Gasteiger partial charge on any atom is -0.326 e. The van der Waals surface area contributed by atoms with Gasteiger partial charge in [-0.25, -0.2) is 9.97 Å². The summed E-state index contributed by atoms with van der Waals surface area (Å²) in [7, 11) is 1.98. The summed E-state index contributed by atoms with van der Waals surface area (Å²) in [6.45, 7) is 11.3. The number of thioether (sulfide) groups is 1. The van der Waals surface area contributed by atoms with Crippen molar-refractivity contribution in [1.82, 2.24) is 19.9 Å². The molecular weight excluding hydrogens is 422 g/mol. The first-order valence-electron chi connectivity index (χ1n) is 11.2. The van der Waals surface area contributed by atoms with Crippen molar-refractivity contribution < 1.29 is 0 Å². The van der Waals surface area contributed by atoms with Gasteiger partial charge < -0.3 is 9.88 Å². The van der Waals surface area contributed by atoms with Gasteiger partial charge in [0.15, 0.2) is 10.8 Å². The molecule has 2 aromatic heterocycles. The molecule has 0 radical (unpaired) electrons. The summed E-state index contributed by atoms with van der Waals surface area (Å²) < 4.78 is 2.37. The van der Waals surface area contributed by atoms with E-state index >= 15 is 0 Å². The van der Waals surface area contributed by atoms with Crippen LogP contribution in [0.1, 0.15) is 57.0 Å². The molecule has 1 unspecified atom stereocenters. The van der Waals surface area contributed by atoms with Crippen LogP contribution in [-0.4, -0.2) is 39.3 Å². The number of aliphatic imine (C=N–C) groups is 1. The molecule has 31 heavy (non-hydrogen) atoms. The van der Waals surface area contributed by atoms with E-state index in [4.69, 9.17) is 9.97 Å². The Morgan fingerprint density at radius 2 is 2.19 bits per heavy atom. The van der Waals surface area contributed by atoms with Gasteiger partial charge in [-0.05, 0) is 63.2 Å². The highest BCUT2D eigenvalue weighted by molar-refractivity contribution is 7.99. The lowest BCUT2D eigenvalue weighted by molar-refractivity contribution is 0.415. The second kappa shape index (κ2) is 11.8. The molecule has 3 heterocycles. The van der Waals surface area contributed by atoms with E-state index in [2.05, 4.69) is 59.4 Å². The third-order valence-electron chi connectivity index (χ3n) is 5.88. The van der Waals surface area contributed by atoms with Crippen LogP contribution in [0.15, 0.2) is 40.5 Å². The Hall–Kier alpha value is -1.70. The molecule has 0 amide bonds. The molecule has 0 spiro atoms. The Kier molecular flexibility index (Phi) is 9.11. The van der Waals surface area contributed by atoms with Crippen LogP contribution < -0.4 is 5.32 Å². The van der Waals surface area contributed by atoms with Crippen LogP contribution >= 0.6 is 23.1 Å². The van der Waals surface area contributed by atoms with Gasteiger partial charge in [0.05, 0.1) is 11.7 Å². The fourth-order valence-electron chi connectivity index (χ4n) is 4.12. The third kappa shape index (κ3) is 5.96. The monoisotopic (exact) mass is 457 g/mol. The van der Waals surface area contributed by atoms with Crippen molar-refractivity contribution in [2.75, 3.05) is 18.6 Å². The van der Waals surface area contributed by atoms with E-state index in [9.17, 15) is 0 Å². The van der Waals surface area contributed by atoms with Gasteiger partial charge in [0.25, 0.3) is 0 Å². The van der Waals surface area contributed by atoms with E-state index in [0.29, 0.717) is 0 Å². The molecule has 1 N–H and O–H groups in total. The fourth-order valence-corrected chi connectivity index (χ4v) is 6.17. The van der Waals surface area contributed by atoms with Gasteiger partial charge in [0.2, 0.25) is 0 Å². The number of thiazole rings is 1. The Morgan fingerprint density at radius 1 is 1.42 bits per heavy atom. The molecule has 168 valence electrons. The maximum Gasteiger partial charge on any atom is 0.169 e. The van der Waals surface area contributed by atoms with E-state index in [1.54, 1.807) is 17.5 Å². The number of allylic oxidation sites excluding steroid dienone is 1. The Labute approximate surface area is 195 Å². The zero-order valence-corrected chi connectivity index (χ0v) is 20.9. The number of nitrogens with zero attached hydrogens (tertiary/aromatic N) is 4. The number of aryl methyl sites for hydroxylation is 1. The average Bonchev–Trinajstić information content (AvgIpc) is 3.39. The second-order valence-electron chi connectivity index (χ2n) is 8.14. The van der Waals surface area contributed by atoms with Gasteiger partial charge in [0.1, 0.15) is 0 Å². The first kappa shape index (κ1) is 24.0. The number of rotatable bonds is 10. The van der Waals surface area contributed by atoms with E-state index < -0.39 is 0 Å². The molecule has 0 aliphatic carbocycles. The number of hydrogen-bond donors (Lipinski definition) is 1. The van der Waals surface area contributed by atoms with Crippen molar-refractivity contribution in [3.05, 3.63) is 46.9 Å². The lowest BCUT2D eigenvalue weighted by Gasteiger charge is -2.23. The molecule has 0 bridgehead atoms. The van der Waals surface area contributed by atoms with Gasteiger partial charge in [-0.15, -0.1) is 11.3 Å². The highest BCUT2D eigenvalue weighted by atomic mass is 32.2. The molecular formula is C24H35N5S2. The zero-order valence-electron chi connectivity index (χ0n) is 19.2. The third-order valence-corrected chi connectivity index (χ3v) is 7.79.